The minimum Gasteiger partial charge on any atom is -0.321 e. The molecule has 1 amide bonds. The second-order valence-corrected chi connectivity index (χ2v) is 8.56. The molecule has 2 aliphatic rings. The molecule has 26 heavy (non-hydrogen) atoms. The molecule has 0 aromatic heterocycles. The fourth-order valence-electron chi connectivity index (χ4n) is 4.10. The first-order valence-electron chi connectivity index (χ1n) is 8.48. The minimum atomic E-state index is -3.76. The Balaban J connectivity index is 1.77. The van der Waals surface area contributed by atoms with E-state index in [0.717, 1.165) is 11.3 Å². The van der Waals surface area contributed by atoms with E-state index in [2.05, 4.69) is 5.32 Å². The highest BCUT2D eigenvalue weighted by molar-refractivity contribution is 7.93. The van der Waals surface area contributed by atoms with Crippen molar-refractivity contribution in [1.29, 1.82) is 0 Å². The largest absolute Gasteiger partial charge is 0.321 e. The van der Waals surface area contributed by atoms with Crippen LogP contribution in [0.4, 0.5) is 11.4 Å². The molecule has 3 aromatic carbocycles. The van der Waals surface area contributed by atoms with Crippen LogP contribution in [0.25, 0.3) is 10.8 Å². The third kappa shape index (κ3) is 1.90. The van der Waals surface area contributed by atoms with Gasteiger partial charge in [-0.25, -0.2) is 8.42 Å². The molecule has 0 fully saturated rings. The van der Waals surface area contributed by atoms with Gasteiger partial charge in [-0.3, -0.25) is 9.10 Å². The first kappa shape index (κ1) is 15.4. The molecule has 1 atom stereocenters. The van der Waals surface area contributed by atoms with E-state index in [1.807, 2.05) is 31.2 Å². The van der Waals surface area contributed by atoms with Crippen LogP contribution in [0.1, 0.15) is 22.8 Å². The van der Waals surface area contributed by atoms with Crippen LogP contribution in [0.2, 0.25) is 0 Å². The number of para-hydroxylation sites is 1. The Kier molecular flexibility index (Phi) is 3.01. The Bertz CT molecular complexity index is 1200. The second-order valence-electron chi connectivity index (χ2n) is 6.78. The number of amides is 1. The van der Waals surface area contributed by atoms with Crippen molar-refractivity contribution in [2.24, 2.45) is 0 Å². The van der Waals surface area contributed by atoms with Gasteiger partial charge in [-0.05, 0) is 43.2 Å². The second kappa shape index (κ2) is 5.08. The monoisotopic (exact) mass is 364 g/mol. The normalized spacial score (nSPS) is 18.3. The summed E-state index contributed by atoms with van der Waals surface area (Å²) in [6, 6.07) is 15.9. The van der Waals surface area contributed by atoms with Gasteiger partial charge >= 0.3 is 0 Å². The first-order chi connectivity index (χ1) is 12.5. The molecular formula is C20H16N2O3S. The summed E-state index contributed by atoms with van der Waals surface area (Å²) in [5.41, 5.74) is 2.95. The van der Waals surface area contributed by atoms with E-state index >= 15 is 0 Å². The lowest BCUT2D eigenvalue weighted by Crippen LogP contribution is -2.35. The van der Waals surface area contributed by atoms with Gasteiger partial charge in [0.05, 0.1) is 10.6 Å². The maximum absolute atomic E-state index is 13.6. The minimum absolute atomic E-state index is 0.153. The average Bonchev–Trinajstić information content (AvgIpc) is 3.13. The summed E-state index contributed by atoms with van der Waals surface area (Å²) < 4.78 is 28.6. The summed E-state index contributed by atoms with van der Waals surface area (Å²) >= 11 is 0. The molecule has 2 heterocycles. The maximum Gasteiger partial charge on any atom is 0.265 e. The van der Waals surface area contributed by atoms with Gasteiger partial charge < -0.3 is 5.32 Å². The first-order valence-corrected chi connectivity index (χ1v) is 9.92. The summed E-state index contributed by atoms with van der Waals surface area (Å²) in [7, 11) is -3.76. The molecule has 6 heteroatoms. The summed E-state index contributed by atoms with van der Waals surface area (Å²) in [6.07, 6.45) is 0.691. The van der Waals surface area contributed by atoms with Crippen LogP contribution < -0.4 is 9.62 Å². The van der Waals surface area contributed by atoms with Gasteiger partial charge in [0.1, 0.15) is 0 Å². The molecule has 0 unspecified atom stereocenters. The van der Waals surface area contributed by atoms with Crippen molar-refractivity contribution in [1.82, 2.24) is 0 Å². The number of fused-ring (bicyclic) bond motifs is 1. The van der Waals surface area contributed by atoms with Crippen LogP contribution in [0.5, 0.6) is 0 Å². The number of hydrogen-bond donors (Lipinski definition) is 1. The number of rotatable bonds is 2. The van der Waals surface area contributed by atoms with E-state index in [1.54, 1.807) is 30.3 Å². The number of nitrogens with zero attached hydrogens (tertiary/aromatic N) is 1. The Morgan fingerprint density at radius 2 is 1.85 bits per heavy atom. The van der Waals surface area contributed by atoms with Crippen molar-refractivity contribution < 1.29 is 13.2 Å². The molecule has 0 aliphatic carbocycles. The predicted molar refractivity (Wildman–Crippen MR) is 101 cm³/mol. The SMILES string of the molecule is C[C@@H]1Cc2ccccc2N1S(=O)(=O)c1ccc2c3c(cccc13)C(=O)N2. The van der Waals surface area contributed by atoms with Crippen molar-refractivity contribution in [3.8, 4) is 0 Å². The molecule has 0 spiro atoms. The van der Waals surface area contributed by atoms with Crippen molar-refractivity contribution in [2.75, 3.05) is 9.62 Å². The van der Waals surface area contributed by atoms with Gasteiger partial charge in [0, 0.05) is 28.1 Å². The zero-order chi connectivity index (χ0) is 18.1. The van der Waals surface area contributed by atoms with Gasteiger partial charge in [0.15, 0.2) is 0 Å². The van der Waals surface area contributed by atoms with Crippen LogP contribution in [-0.4, -0.2) is 20.4 Å². The van der Waals surface area contributed by atoms with Crippen molar-refractivity contribution in [3.05, 3.63) is 65.7 Å². The van der Waals surface area contributed by atoms with E-state index in [1.165, 1.54) is 4.31 Å². The van der Waals surface area contributed by atoms with Gasteiger partial charge in [0.25, 0.3) is 15.9 Å². The fourth-order valence-corrected chi connectivity index (χ4v) is 5.98. The molecular weight excluding hydrogens is 348 g/mol. The number of carbonyl (C=O) groups excluding carboxylic acids is 1. The van der Waals surface area contributed by atoms with E-state index in [9.17, 15) is 13.2 Å². The van der Waals surface area contributed by atoms with Gasteiger partial charge in [0.2, 0.25) is 0 Å². The Labute approximate surface area is 151 Å². The van der Waals surface area contributed by atoms with Crippen LogP contribution in [0.15, 0.2) is 59.5 Å². The van der Waals surface area contributed by atoms with E-state index in [0.29, 0.717) is 28.4 Å². The molecule has 1 N–H and O–H groups in total. The van der Waals surface area contributed by atoms with Crippen LogP contribution in [0, 0.1) is 0 Å². The van der Waals surface area contributed by atoms with Crippen LogP contribution in [-0.2, 0) is 16.4 Å². The molecule has 0 radical (unpaired) electrons. The summed E-state index contributed by atoms with van der Waals surface area (Å²) in [5.74, 6) is -0.194. The average molecular weight is 364 g/mol. The van der Waals surface area contributed by atoms with E-state index in [-0.39, 0.29) is 16.8 Å². The topological polar surface area (TPSA) is 66.5 Å². The summed E-state index contributed by atoms with van der Waals surface area (Å²) in [6.45, 7) is 1.92. The van der Waals surface area contributed by atoms with Gasteiger partial charge in [-0.15, -0.1) is 0 Å². The Morgan fingerprint density at radius 3 is 2.69 bits per heavy atom. The number of sulfonamides is 1. The smallest absolute Gasteiger partial charge is 0.265 e. The molecule has 2 aliphatic heterocycles. The zero-order valence-electron chi connectivity index (χ0n) is 14.1. The molecule has 3 aromatic rings. The van der Waals surface area contributed by atoms with Gasteiger partial charge in [-0.2, -0.15) is 0 Å². The standard InChI is InChI=1S/C20H16N2O3S/c1-12-11-13-5-2-3-8-17(13)22(12)26(24,25)18-10-9-16-19-14(18)6-4-7-15(19)20(23)21-16/h2-10,12H,11H2,1H3,(H,21,23)/t12-/m1/s1. The molecule has 130 valence electrons. The number of nitrogens with one attached hydrogen (secondary N) is 1. The van der Waals surface area contributed by atoms with Crippen LogP contribution in [0.3, 0.4) is 0 Å². The quantitative estimate of drug-likeness (QED) is 0.756. The lowest BCUT2D eigenvalue weighted by molar-refractivity contribution is 0.103. The lowest BCUT2D eigenvalue weighted by atomic mass is 10.1. The number of carbonyl (C=O) groups is 1. The van der Waals surface area contributed by atoms with E-state index in [4.69, 9.17) is 0 Å². The third-order valence-electron chi connectivity index (χ3n) is 5.18. The summed E-state index contributed by atoms with van der Waals surface area (Å²) in [4.78, 5) is 12.3. The highest BCUT2D eigenvalue weighted by Gasteiger charge is 2.37. The third-order valence-corrected chi connectivity index (χ3v) is 7.16. The molecule has 0 bridgehead atoms. The van der Waals surface area contributed by atoms with Crippen molar-refractivity contribution >= 4 is 38.1 Å². The molecule has 0 saturated heterocycles. The Hall–Kier alpha value is -2.86. The number of anilines is 2. The summed E-state index contributed by atoms with van der Waals surface area (Å²) in [5, 5.41) is 4.05. The highest BCUT2D eigenvalue weighted by atomic mass is 32.2. The number of hydrogen-bond acceptors (Lipinski definition) is 3. The predicted octanol–water partition coefficient (Wildman–Crippen LogP) is 3.55. The van der Waals surface area contributed by atoms with E-state index < -0.39 is 10.0 Å². The zero-order valence-corrected chi connectivity index (χ0v) is 14.9. The molecule has 5 rings (SSSR count). The van der Waals surface area contributed by atoms with Crippen molar-refractivity contribution in [3.63, 3.8) is 0 Å². The maximum atomic E-state index is 13.6. The number of benzene rings is 3. The highest BCUT2D eigenvalue weighted by Crippen LogP contribution is 2.41. The van der Waals surface area contributed by atoms with Gasteiger partial charge in [-0.1, -0.05) is 30.3 Å². The lowest BCUT2D eigenvalue weighted by Gasteiger charge is -2.25. The van der Waals surface area contributed by atoms with Crippen LogP contribution >= 0.6 is 0 Å². The fraction of sp³-hybridized carbons (Fsp3) is 0.150. The molecule has 0 saturated carbocycles. The van der Waals surface area contributed by atoms with Crippen molar-refractivity contribution in [2.45, 2.75) is 24.3 Å². The molecule has 5 nitrogen and oxygen atoms in total. The Morgan fingerprint density at radius 1 is 1.04 bits per heavy atom.